The van der Waals surface area contributed by atoms with Crippen molar-refractivity contribution in [3.63, 3.8) is 0 Å². The average molecular weight is 258 g/mol. The maximum atomic E-state index is 10.5. The highest BCUT2D eigenvalue weighted by Gasteiger charge is 2.44. The predicted molar refractivity (Wildman–Crippen MR) is 71.4 cm³/mol. The first-order valence-electron chi connectivity index (χ1n) is 6.78. The molecule has 1 aliphatic carbocycles. The SMILES string of the molecule is OC1(C#Cc2ccccc2)CCC2(CC1)OCCO2. The molecule has 1 heterocycles. The third-order valence-electron chi connectivity index (χ3n) is 3.87. The van der Waals surface area contributed by atoms with Crippen molar-refractivity contribution in [2.24, 2.45) is 0 Å². The van der Waals surface area contributed by atoms with E-state index in [4.69, 9.17) is 9.47 Å². The molecule has 1 saturated heterocycles. The summed E-state index contributed by atoms with van der Waals surface area (Å²) in [5, 5.41) is 10.5. The van der Waals surface area contributed by atoms with Crippen LogP contribution in [-0.4, -0.2) is 29.7 Å². The maximum Gasteiger partial charge on any atom is 0.168 e. The Morgan fingerprint density at radius 2 is 1.58 bits per heavy atom. The van der Waals surface area contributed by atoms with Crippen molar-refractivity contribution in [2.45, 2.75) is 37.1 Å². The normalized spacial score (nSPS) is 23.8. The van der Waals surface area contributed by atoms with E-state index in [1.807, 2.05) is 30.3 Å². The molecule has 100 valence electrons. The summed E-state index contributed by atoms with van der Waals surface area (Å²) in [7, 11) is 0. The number of hydrogen-bond acceptors (Lipinski definition) is 3. The zero-order valence-electron chi connectivity index (χ0n) is 10.9. The summed E-state index contributed by atoms with van der Waals surface area (Å²) in [6, 6.07) is 9.75. The number of benzene rings is 1. The van der Waals surface area contributed by atoms with Crippen LogP contribution in [0.1, 0.15) is 31.2 Å². The monoisotopic (exact) mass is 258 g/mol. The van der Waals surface area contributed by atoms with Gasteiger partial charge in [-0.15, -0.1) is 0 Å². The summed E-state index contributed by atoms with van der Waals surface area (Å²) in [6.07, 6.45) is 2.64. The molecule has 1 aliphatic heterocycles. The van der Waals surface area contributed by atoms with Crippen LogP contribution in [0.5, 0.6) is 0 Å². The lowest BCUT2D eigenvalue weighted by Gasteiger charge is -2.37. The molecule has 3 nitrogen and oxygen atoms in total. The van der Waals surface area contributed by atoms with E-state index < -0.39 is 11.4 Å². The highest BCUT2D eigenvalue weighted by atomic mass is 16.7. The topological polar surface area (TPSA) is 38.7 Å². The Morgan fingerprint density at radius 1 is 0.947 bits per heavy atom. The molecule has 0 bridgehead atoms. The largest absolute Gasteiger partial charge is 0.378 e. The Morgan fingerprint density at radius 3 is 2.21 bits per heavy atom. The number of aliphatic hydroxyl groups is 1. The van der Waals surface area contributed by atoms with Crippen LogP contribution in [0, 0.1) is 11.8 Å². The van der Waals surface area contributed by atoms with Gasteiger partial charge < -0.3 is 14.6 Å². The number of rotatable bonds is 0. The van der Waals surface area contributed by atoms with Crippen LogP contribution in [-0.2, 0) is 9.47 Å². The summed E-state index contributed by atoms with van der Waals surface area (Å²) in [5.74, 6) is 5.62. The van der Waals surface area contributed by atoms with Gasteiger partial charge in [-0.2, -0.15) is 0 Å². The van der Waals surface area contributed by atoms with E-state index >= 15 is 0 Å². The first kappa shape index (κ1) is 12.7. The molecular weight excluding hydrogens is 240 g/mol. The number of ether oxygens (including phenoxy) is 2. The van der Waals surface area contributed by atoms with Crippen molar-refractivity contribution in [1.29, 1.82) is 0 Å². The van der Waals surface area contributed by atoms with E-state index in [-0.39, 0.29) is 0 Å². The fourth-order valence-electron chi connectivity index (χ4n) is 2.67. The summed E-state index contributed by atoms with van der Waals surface area (Å²) in [6.45, 7) is 1.32. The molecule has 0 amide bonds. The van der Waals surface area contributed by atoms with Crippen molar-refractivity contribution >= 4 is 0 Å². The second kappa shape index (κ2) is 4.97. The molecule has 19 heavy (non-hydrogen) atoms. The van der Waals surface area contributed by atoms with E-state index in [9.17, 15) is 5.11 Å². The van der Waals surface area contributed by atoms with Gasteiger partial charge in [0.25, 0.3) is 0 Å². The van der Waals surface area contributed by atoms with Gasteiger partial charge in [-0.1, -0.05) is 30.0 Å². The molecule has 1 spiro atoms. The minimum Gasteiger partial charge on any atom is -0.378 e. The third-order valence-corrected chi connectivity index (χ3v) is 3.87. The fraction of sp³-hybridized carbons (Fsp3) is 0.500. The van der Waals surface area contributed by atoms with Crippen molar-refractivity contribution in [3.8, 4) is 11.8 Å². The van der Waals surface area contributed by atoms with Crippen LogP contribution < -0.4 is 0 Å². The van der Waals surface area contributed by atoms with Gasteiger partial charge in [-0.05, 0) is 25.0 Å². The molecule has 1 saturated carbocycles. The van der Waals surface area contributed by atoms with Crippen LogP contribution in [0.3, 0.4) is 0 Å². The molecule has 0 unspecified atom stereocenters. The lowest BCUT2D eigenvalue weighted by atomic mass is 9.81. The summed E-state index contributed by atoms with van der Waals surface area (Å²) >= 11 is 0. The molecule has 1 aromatic carbocycles. The Kier molecular flexibility index (Phi) is 3.32. The molecule has 0 aromatic heterocycles. The molecular formula is C16H18O3. The summed E-state index contributed by atoms with van der Waals surface area (Å²) < 4.78 is 11.3. The summed E-state index contributed by atoms with van der Waals surface area (Å²) in [5.41, 5.74) is 0.0284. The third kappa shape index (κ3) is 2.82. The van der Waals surface area contributed by atoms with Crippen molar-refractivity contribution in [2.75, 3.05) is 13.2 Å². The van der Waals surface area contributed by atoms with E-state index in [0.29, 0.717) is 38.9 Å². The molecule has 2 fully saturated rings. The molecule has 0 atom stereocenters. The van der Waals surface area contributed by atoms with Gasteiger partial charge in [0.1, 0.15) is 5.60 Å². The van der Waals surface area contributed by atoms with E-state index in [1.165, 1.54) is 0 Å². The van der Waals surface area contributed by atoms with Crippen molar-refractivity contribution < 1.29 is 14.6 Å². The van der Waals surface area contributed by atoms with Gasteiger partial charge in [-0.25, -0.2) is 0 Å². The average Bonchev–Trinajstić information content (AvgIpc) is 2.91. The summed E-state index contributed by atoms with van der Waals surface area (Å²) in [4.78, 5) is 0. The van der Waals surface area contributed by atoms with Crippen LogP contribution >= 0.6 is 0 Å². The zero-order chi connectivity index (χ0) is 13.2. The Bertz CT molecular complexity index is 482. The Hall–Kier alpha value is -1.34. The van der Waals surface area contributed by atoms with E-state index in [1.54, 1.807) is 0 Å². The zero-order valence-corrected chi connectivity index (χ0v) is 10.9. The van der Waals surface area contributed by atoms with Crippen LogP contribution in [0.15, 0.2) is 30.3 Å². The first-order valence-corrected chi connectivity index (χ1v) is 6.78. The lowest BCUT2D eigenvalue weighted by molar-refractivity contribution is -0.195. The highest BCUT2D eigenvalue weighted by Crippen LogP contribution is 2.39. The quantitative estimate of drug-likeness (QED) is 0.724. The number of hydrogen-bond donors (Lipinski definition) is 1. The molecule has 0 radical (unpaired) electrons. The molecule has 3 rings (SSSR count). The highest BCUT2D eigenvalue weighted by molar-refractivity contribution is 5.36. The van der Waals surface area contributed by atoms with Gasteiger partial charge in [-0.3, -0.25) is 0 Å². The van der Waals surface area contributed by atoms with Gasteiger partial charge in [0.2, 0.25) is 0 Å². The maximum absolute atomic E-state index is 10.5. The molecule has 3 heteroatoms. The molecule has 1 aromatic rings. The Labute approximate surface area is 113 Å². The van der Waals surface area contributed by atoms with E-state index in [2.05, 4.69) is 11.8 Å². The predicted octanol–water partition coefficient (Wildman–Crippen LogP) is 2.09. The first-order chi connectivity index (χ1) is 9.20. The second-order valence-corrected chi connectivity index (χ2v) is 5.26. The minimum absolute atomic E-state index is 0.444. The van der Waals surface area contributed by atoms with Crippen LogP contribution in [0.2, 0.25) is 0 Å². The van der Waals surface area contributed by atoms with Gasteiger partial charge >= 0.3 is 0 Å². The molecule has 1 N–H and O–H groups in total. The van der Waals surface area contributed by atoms with Crippen molar-refractivity contribution in [1.82, 2.24) is 0 Å². The van der Waals surface area contributed by atoms with Crippen molar-refractivity contribution in [3.05, 3.63) is 35.9 Å². The van der Waals surface area contributed by atoms with E-state index in [0.717, 1.165) is 5.56 Å². The lowest BCUT2D eigenvalue weighted by Crippen LogP contribution is -2.42. The van der Waals surface area contributed by atoms with Crippen LogP contribution in [0.4, 0.5) is 0 Å². The van der Waals surface area contributed by atoms with Gasteiger partial charge in [0.05, 0.1) is 13.2 Å². The minimum atomic E-state index is -0.906. The van der Waals surface area contributed by atoms with Gasteiger partial charge in [0.15, 0.2) is 5.79 Å². The molecule has 2 aliphatic rings. The smallest absolute Gasteiger partial charge is 0.168 e. The second-order valence-electron chi connectivity index (χ2n) is 5.26. The van der Waals surface area contributed by atoms with Gasteiger partial charge in [0, 0.05) is 18.4 Å². The Balaban J connectivity index is 1.67. The van der Waals surface area contributed by atoms with Crippen LogP contribution in [0.25, 0.3) is 0 Å². The fourth-order valence-corrected chi connectivity index (χ4v) is 2.67. The standard InChI is InChI=1S/C16H18O3/c17-15(7-6-14-4-2-1-3-5-14)8-10-16(11-9-15)18-12-13-19-16/h1-5,17H,8-13H2.